The third-order valence-electron chi connectivity index (χ3n) is 2.71. The Hall–Kier alpha value is -2.11. The van der Waals surface area contributed by atoms with E-state index in [2.05, 4.69) is 39.6 Å². The molecule has 0 spiro atoms. The molecule has 2 heterocycles. The maximum absolute atomic E-state index is 5.06. The van der Waals surface area contributed by atoms with Crippen molar-refractivity contribution >= 4 is 11.6 Å². The van der Waals surface area contributed by atoms with Crippen LogP contribution in [0.3, 0.4) is 0 Å². The van der Waals surface area contributed by atoms with E-state index in [1.54, 1.807) is 12.5 Å². The Balaban J connectivity index is 2.15. The molecule has 0 saturated carbocycles. The van der Waals surface area contributed by atoms with Crippen molar-refractivity contribution < 1.29 is 4.52 Å². The molecule has 0 fully saturated rings. The fraction of sp³-hybridized carbons (Fsp3) is 0.462. The molecule has 19 heavy (non-hydrogen) atoms. The summed E-state index contributed by atoms with van der Waals surface area (Å²) < 4.78 is 5.06. The number of rotatable bonds is 7. The molecule has 0 unspecified atom stereocenters. The molecule has 0 aliphatic carbocycles. The van der Waals surface area contributed by atoms with E-state index in [0.717, 1.165) is 42.3 Å². The lowest BCUT2D eigenvalue weighted by Crippen LogP contribution is -2.10. The highest BCUT2D eigenvalue weighted by Gasteiger charge is 2.10. The van der Waals surface area contributed by atoms with Gasteiger partial charge < -0.3 is 15.2 Å². The summed E-state index contributed by atoms with van der Waals surface area (Å²) in [5, 5.41) is 10.2. The van der Waals surface area contributed by atoms with Gasteiger partial charge in [0.15, 0.2) is 5.76 Å². The van der Waals surface area contributed by atoms with Gasteiger partial charge in [0.25, 0.3) is 0 Å². The monoisotopic (exact) mass is 261 g/mol. The first kappa shape index (κ1) is 13.3. The average molecular weight is 261 g/mol. The highest BCUT2D eigenvalue weighted by Crippen LogP contribution is 2.22. The van der Waals surface area contributed by atoms with Gasteiger partial charge in [-0.25, -0.2) is 9.97 Å². The van der Waals surface area contributed by atoms with Gasteiger partial charge in [0.1, 0.15) is 18.0 Å². The molecule has 0 saturated heterocycles. The van der Waals surface area contributed by atoms with Crippen LogP contribution in [0.25, 0.3) is 0 Å². The lowest BCUT2D eigenvalue weighted by molar-refractivity contribution is 0.388. The molecule has 2 aromatic rings. The maximum atomic E-state index is 5.06. The zero-order chi connectivity index (χ0) is 13.5. The first-order valence-corrected chi connectivity index (χ1v) is 6.56. The molecule has 0 radical (unpaired) electrons. The SMILES string of the molecule is CCCc1c(NCC)ncnc1NCc1ccno1. The van der Waals surface area contributed by atoms with Crippen molar-refractivity contribution in [1.29, 1.82) is 0 Å². The quantitative estimate of drug-likeness (QED) is 0.797. The van der Waals surface area contributed by atoms with Crippen LogP contribution in [0.1, 0.15) is 31.6 Å². The molecule has 0 atom stereocenters. The highest BCUT2D eigenvalue weighted by molar-refractivity contribution is 5.57. The third-order valence-corrected chi connectivity index (χ3v) is 2.71. The predicted octanol–water partition coefficient (Wildman–Crippen LogP) is 2.46. The van der Waals surface area contributed by atoms with Crippen molar-refractivity contribution in [3.63, 3.8) is 0 Å². The minimum Gasteiger partial charge on any atom is -0.370 e. The predicted molar refractivity (Wildman–Crippen MR) is 74.0 cm³/mol. The van der Waals surface area contributed by atoms with Crippen LogP contribution < -0.4 is 10.6 Å². The summed E-state index contributed by atoms with van der Waals surface area (Å²) in [6.45, 7) is 5.61. The van der Waals surface area contributed by atoms with E-state index in [0.29, 0.717) is 6.54 Å². The molecule has 0 aliphatic rings. The smallest absolute Gasteiger partial charge is 0.155 e. The van der Waals surface area contributed by atoms with Gasteiger partial charge in [0, 0.05) is 18.2 Å². The standard InChI is InChI=1S/C13H19N5O/c1-3-5-11-12(14-4-2)16-9-17-13(11)15-8-10-6-7-18-19-10/h6-7,9H,3-5,8H2,1-2H3,(H2,14,15,16,17). The molecule has 102 valence electrons. The van der Waals surface area contributed by atoms with Crippen LogP contribution in [-0.2, 0) is 13.0 Å². The topological polar surface area (TPSA) is 75.9 Å². The Kier molecular flexibility index (Phi) is 4.72. The lowest BCUT2D eigenvalue weighted by atomic mass is 10.1. The third kappa shape index (κ3) is 3.43. The maximum Gasteiger partial charge on any atom is 0.155 e. The van der Waals surface area contributed by atoms with Gasteiger partial charge in [0.2, 0.25) is 0 Å². The summed E-state index contributed by atoms with van der Waals surface area (Å²) in [7, 11) is 0. The van der Waals surface area contributed by atoms with Crippen molar-refractivity contribution in [1.82, 2.24) is 15.1 Å². The second-order valence-corrected chi connectivity index (χ2v) is 4.16. The molecule has 0 aromatic carbocycles. The summed E-state index contributed by atoms with van der Waals surface area (Å²) in [5.41, 5.74) is 1.12. The molecule has 0 aliphatic heterocycles. The zero-order valence-corrected chi connectivity index (χ0v) is 11.3. The van der Waals surface area contributed by atoms with Gasteiger partial charge in [-0.1, -0.05) is 18.5 Å². The minimum absolute atomic E-state index is 0.569. The van der Waals surface area contributed by atoms with Crippen molar-refractivity contribution in [2.45, 2.75) is 33.2 Å². The number of anilines is 2. The first-order valence-electron chi connectivity index (χ1n) is 6.56. The van der Waals surface area contributed by atoms with Gasteiger partial charge in [-0.2, -0.15) is 0 Å². The number of hydrogen-bond acceptors (Lipinski definition) is 6. The second-order valence-electron chi connectivity index (χ2n) is 4.16. The van der Waals surface area contributed by atoms with E-state index in [9.17, 15) is 0 Å². The lowest BCUT2D eigenvalue weighted by Gasteiger charge is -2.13. The van der Waals surface area contributed by atoms with Gasteiger partial charge >= 0.3 is 0 Å². The van der Waals surface area contributed by atoms with Crippen LogP contribution >= 0.6 is 0 Å². The Bertz CT molecular complexity index is 498. The number of nitrogens with zero attached hydrogens (tertiary/aromatic N) is 3. The summed E-state index contributed by atoms with van der Waals surface area (Å²) in [5.74, 6) is 2.54. The van der Waals surface area contributed by atoms with Crippen molar-refractivity contribution in [3.05, 3.63) is 29.9 Å². The fourth-order valence-corrected chi connectivity index (χ4v) is 1.88. The van der Waals surface area contributed by atoms with Crippen LogP contribution in [0.15, 0.2) is 23.1 Å². The van der Waals surface area contributed by atoms with Crippen LogP contribution in [-0.4, -0.2) is 21.7 Å². The summed E-state index contributed by atoms with van der Waals surface area (Å²) in [4.78, 5) is 8.61. The van der Waals surface area contributed by atoms with E-state index >= 15 is 0 Å². The van der Waals surface area contributed by atoms with Gasteiger partial charge in [-0.05, 0) is 13.3 Å². The summed E-state index contributed by atoms with van der Waals surface area (Å²) >= 11 is 0. The van der Waals surface area contributed by atoms with Crippen LogP contribution in [0.2, 0.25) is 0 Å². The summed E-state index contributed by atoms with van der Waals surface area (Å²) in [6.07, 6.45) is 5.18. The minimum atomic E-state index is 0.569. The molecule has 0 bridgehead atoms. The highest BCUT2D eigenvalue weighted by atomic mass is 16.5. The molecule has 2 N–H and O–H groups in total. The van der Waals surface area contributed by atoms with Crippen molar-refractivity contribution in [2.75, 3.05) is 17.2 Å². The van der Waals surface area contributed by atoms with E-state index in [4.69, 9.17) is 4.52 Å². The molecule has 6 heteroatoms. The molecule has 2 aromatic heterocycles. The Morgan fingerprint density at radius 2 is 1.95 bits per heavy atom. The van der Waals surface area contributed by atoms with Crippen LogP contribution in [0.5, 0.6) is 0 Å². The Morgan fingerprint density at radius 1 is 1.16 bits per heavy atom. The van der Waals surface area contributed by atoms with Crippen LogP contribution in [0.4, 0.5) is 11.6 Å². The molecule has 2 rings (SSSR count). The normalized spacial score (nSPS) is 10.4. The Morgan fingerprint density at radius 3 is 2.58 bits per heavy atom. The van der Waals surface area contributed by atoms with Crippen molar-refractivity contribution in [2.24, 2.45) is 0 Å². The van der Waals surface area contributed by atoms with Gasteiger partial charge in [-0.3, -0.25) is 0 Å². The van der Waals surface area contributed by atoms with Gasteiger partial charge in [0.05, 0.1) is 12.7 Å². The average Bonchev–Trinajstić information content (AvgIpc) is 2.93. The molecular formula is C13H19N5O. The zero-order valence-electron chi connectivity index (χ0n) is 11.3. The van der Waals surface area contributed by atoms with E-state index in [1.165, 1.54) is 0 Å². The van der Waals surface area contributed by atoms with Crippen molar-refractivity contribution in [3.8, 4) is 0 Å². The molecule has 0 amide bonds. The van der Waals surface area contributed by atoms with E-state index < -0.39 is 0 Å². The number of nitrogens with one attached hydrogen (secondary N) is 2. The first-order chi connectivity index (χ1) is 9.35. The largest absolute Gasteiger partial charge is 0.370 e. The second kappa shape index (κ2) is 6.72. The number of aromatic nitrogens is 3. The van der Waals surface area contributed by atoms with E-state index in [-0.39, 0.29) is 0 Å². The molecule has 6 nitrogen and oxygen atoms in total. The fourth-order valence-electron chi connectivity index (χ4n) is 1.88. The summed E-state index contributed by atoms with van der Waals surface area (Å²) in [6, 6.07) is 1.83. The van der Waals surface area contributed by atoms with Crippen LogP contribution in [0, 0.1) is 0 Å². The van der Waals surface area contributed by atoms with E-state index in [1.807, 2.05) is 6.07 Å². The Labute approximate surface area is 112 Å². The number of hydrogen-bond donors (Lipinski definition) is 2. The van der Waals surface area contributed by atoms with Gasteiger partial charge in [-0.15, -0.1) is 0 Å². The molecular weight excluding hydrogens is 242 g/mol.